The van der Waals surface area contributed by atoms with Crippen LogP contribution < -0.4 is 15.1 Å². The van der Waals surface area contributed by atoms with Crippen LogP contribution in [-0.4, -0.2) is 117 Å². The highest BCUT2D eigenvalue weighted by Crippen LogP contribution is 2.23. The van der Waals surface area contributed by atoms with E-state index in [-0.39, 0.29) is 24.9 Å². The third-order valence-electron chi connectivity index (χ3n) is 7.05. The van der Waals surface area contributed by atoms with Crippen LogP contribution in [0.15, 0.2) is 36.7 Å². The van der Waals surface area contributed by atoms with E-state index in [0.717, 1.165) is 76.0 Å². The number of halogens is 1. The van der Waals surface area contributed by atoms with Gasteiger partial charge in [-0.1, -0.05) is 6.07 Å². The number of nitrogens with one attached hydrogen (secondary N) is 1. The Morgan fingerprint density at radius 2 is 1.70 bits per heavy atom. The summed E-state index contributed by atoms with van der Waals surface area (Å²) in [5, 5.41) is 12.1. The number of piperidine rings is 1. The molecule has 0 unspecified atom stereocenters. The molecule has 2 saturated heterocycles. The van der Waals surface area contributed by atoms with E-state index < -0.39 is 5.97 Å². The van der Waals surface area contributed by atoms with Crippen molar-refractivity contribution >= 4 is 23.3 Å². The number of ether oxygens (including phenoxy) is 3. The summed E-state index contributed by atoms with van der Waals surface area (Å²) in [4.78, 5) is 26.3. The van der Waals surface area contributed by atoms with E-state index in [1.165, 1.54) is 6.07 Å². The van der Waals surface area contributed by atoms with Gasteiger partial charge in [0.25, 0.3) is 0 Å². The Morgan fingerprint density at radius 1 is 0.950 bits per heavy atom. The van der Waals surface area contributed by atoms with Crippen LogP contribution in [0.2, 0.25) is 0 Å². The summed E-state index contributed by atoms with van der Waals surface area (Å²) in [6, 6.07) is 9.05. The van der Waals surface area contributed by atoms with Gasteiger partial charge in [0.1, 0.15) is 23.8 Å². The molecular formula is C28H41FN6O5. The van der Waals surface area contributed by atoms with Gasteiger partial charge in [-0.15, -0.1) is 0 Å². The number of aromatic nitrogens is 2. The molecule has 0 saturated carbocycles. The normalized spacial score (nSPS) is 18.2. The standard InChI is InChI=1S/C28H41FN6O5/c29-23-3-1-5-25(19-23)35-7-2-4-24(21-35)32-26-20-27(31-22-30-26)34-10-8-33(9-11-34)12-14-39-16-18-40-17-15-38-13-6-28(36)37/h1,3,5,19-20,22,24H,2,4,6-18,21H2,(H,36,37)(H,30,31,32)/t24-/m1/s1. The zero-order valence-electron chi connectivity index (χ0n) is 23.0. The largest absolute Gasteiger partial charge is 0.481 e. The number of benzene rings is 1. The molecule has 2 aromatic rings. The van der Waals surface area contributed by atoms with Gasteiger partial charge < -0.3 is 34.4 Å². The smallest absolute Gasteiger partial charge is 0.305 e. The number of carbonyl (C=O) groups is 1. The molecule has 1 aromatic heterocycles. The minimum atomic E-state index is -0.863. The van der Waals surface area contributed by atoms with Gasteiger partial charge in [-0.25, -0.2) is 14.4 Å². The summed E-state index contributed by atoms with van der Waals surface area (Å²) >= 11 is 0. The molecule has 40 heavy (non-hydrogen) atoms. The SMILES string of the molecule is O=C(O)CCOCCOCCOCCN1CCN(c2cc(N[C@@H]3CCCN(c4cccc(F)c4)C3)ncn2)CC1. The predicted octanol–water partition coefficient (Wildman–Crippen LogP) is 2.34. The summed E-state index contributed by atoms with van der Waals surface area (Å²) in [5.74, 6) is 0.676. The Hall–Kier alpha value is -3.06. The van der Waals surface area contributed by atoms with Gasteiger partial charge in [-0.3, -0.25) is 9.69 Å². The van der Waals surface area contributed by atoms with Crippen LogP contribution in [0.5, 0.6) is 0 Å². The third-order valence-corrected chi connectivity index (χ3v) is 7.05. The molecule has 1 aromatic carbocycles. The number of nitrogens with zero attached hydrogens (tertiary/aromatic N) is 5. The minimum absolute atomic E-state index is 0.00842. The maximum Gasteiger partial charge on any atom is 0.305 e. The maximum absolute atomic E-state index is 13.7. The minimum Gasteiger partial charge on any atom is -0.481 e. The highest BCUT2D eigenvalue weighted by Gasteiger charge is 2.22. The van der Waals surface area contributed by atoms with Crippen LogP contribution in [0, 0.1) is 5.82 Å². The van der Waals surface area contributed by atoms with Crippen molar-refractivity contribution in [2.75, 3.05) is 101 Å². The van der Waals surface area contributed by atoms with Crippen molar-refractivity contribution in [3.05, 3.63) is 42.5 Å². The molecule has 2 fully saturated rings. The van der Waals surface area contributed by atoms with E-state index in [1.54, 1.807) is 18.5 Å². The van der Waals surface area contributed by atoms with Crippen molar-refractivity contribution < 1.29 is 28.5 Å². The monoisotopic (exact) mass is 560 g/mol. The first kappa shape index (κ1) is 29.9. The highest BCUT2D eigenvalue weighted by molar-refractivity contribution is 5.66. The van der Waals surface area contributed by atoms with Gasteiger partial charge >= 0.3 is 5.97 Å². The highest BCUT2D eigenvalue weighted by atomic mass is 19.1. The lowest BCUT2D eigenvalue weighted by atomic mass is 10.0. The lowest BCUT2D eigenvalue weighted by molar-refractivity contribution is -0.138. The molecule has 0 amide bonds. The Bertz CT molecular complexity index is 1040. The van der Waals surface area contributed by atoms with E-state index in [2.05, 4.69) is 30.0 Å². The number of anilines is 3. The number of aliphatic carboxylic acids is 1. The zero-order valence-corrected chi connectivity index (χ0v) is 23.0. The second-order valence-electron chi connectivity index (χ2n) is 9.98. The van der Waals surface area contributed by atoms with Crippen LogP contribution in [0.3, 0.4) is 0 Å². The maximum atomic E-state index is 13.7. The quantitative estimate of drug-likeness (QED) is 0.295. The summed E-state index contributed by atoms with van der Waals surface area (Å²) in [6.45, 7) is 8.92. The molecule has 0 radical (unpaired) electrons. The Kier molecular flexibility index (Phi) is 12.2. The molecule has 4 rings (SSSR count). The van der Waals surface area contributed by atoms with Crippen molar-refractivity contribution in [1.29, 1.82) is 0 Å². The summed E-state index contributed by atoms with van der Waals surface area (Å²) in [7, 11) is 0. The van der Waals surface area contributed by atoms with E-state index in [4.69, 9.17) is 19.3 Å². The molecule has 0 bridgehead atoms. The van der Waals surface area contributed by atoms with Crippen molar-refractivity contribution in [2.45, 2.75) is 25.3 Å². The zero-order chi connectivity index (χ0) is 28.0. The first-order valence-corrected chi connectivity index (χ1v) is 14.1. The Labute approximate surface area is 235 Å². The lowest BCUT2D eigenvalue weighted by Crippen LogP contribution is -2.47. The number of carboxylic acid groups (broad SMARTS) is 1. The van der Waals surface area contributed by atoms with Crippen LogP contribution in [0.4, 0.5) is 21.7 Å². The van der Waals surface area contributed by atoms with E-state index >= 15 is 0 Å². The van der Waals surface area contributed by atoms with Gasteiger partial charge in [0.2, 0.25) is 0 Å². The number of rotatable bonds is 16. The van der Waals surface area contributed by atoms with Crippen LogP contribution in [-0.2, 0) is 19.0 Å². The van der Waals surface area contributed by atoms with Crippen molar-refractivity contribution in [3.8, 4) is 0 Å². The third kappa shape index (κ3) is 10.2. The molecule has 0 spiro atoms. The summed E-state index contributed by atoms with van der Waals surface area (Å²) in [5.41, 5.74) is 0.920. The second kappa shape index (κ2) is 16.3. The lowest BCUT2D eigenvalue weighted by Gasteiger charge is -2.36. The number of hydrogen-bond donors (Lipinski definition) is 2. The second-order valence-corrected chi connectivity index (χ2v) is 9.98. The van der Waals surface area contributed by atoms with Gasteiger partial charge in [0.15, 0.2) is 0 Å². The fraction of sp³-hybridized carbons (Fsp3) is 0.607. The number of carboxylic acids is 1. The van der Waals surface area contributed by atoms with E-state index in [0.29, 0.717) is 33.0 Å². The molecule has 1 atom stereocenters. The summed E-state index contributed by atoms with van der Waals surface area (Å²) in [6.07, 6.45) is 3.71. The van der Waals surface area contributed by atoms with Gasteiger partial charge in [-0.2, -0.15) is 0 Å². The van der Waals surface area contributed by atoms with Gasteiger partial charge in [-0.05, 0) is 31.0 Å². The molecule has 2 aliphatic rings. The molecule has 0 aliphatic carbocycles. The molecular weight excluding hydrogens is 519 g/mol. The molecule has 2 N–H and O–H groups in total. The fourth-order valence-electron chi connectivity index (χ4n) is 4.91. The molecule has 220 valence electrons. The Balaban J connectivity index is 1.10. The van der Waals surface area contributed by atoms with Crippen molar-refractivity contribution in [3.63, 3.8) is 0 Å². The number of hydrogen-bond acceptors (Lipinski definition) is 10. The molecule has 12 heteroatoms. The fourth-order valence-corrected chi connectivity index (χ4v) is 4.91. The molecule has 11 nitrogen and oxygen atoms in total. The van der Waals surface area contributed by atoms with Crippen molar-refractivity contribution in [2.24, 2.45) is 0 Å². The first-order valence-electron chi connectivity index (χ1n) is 14.1. The topological polar surface area (TPSA) is 113 Å². The average molecular weight is 561 g/mol. The predicted molar refractivity (Wildman–Crippen MR) is 151 cm³/mol. The van der Waals surface area contributed by atoms with Crippen molar-refractivity contribution in [1.82, 2.24) is 14.9 Å². The molecule has 3 heterocycles. The van der Waals surface area contributed by atoms with Crippen LogP contribution >= 0.6 is 0 Å². The first-order chi connectivity index (χ1) is 19.6. The van der Waals surface area contributed by atoms with Crippen LogP contribution in [0.1, 0.15) is 19.3 Å². The molecule has 2 aliphatic heterocycles. The van der Waals surface area contributed by atoms with Gasteiger partial charge in [0.05, 0.1) is 46.1 Å². The van der Waals surface area contributed by atoms with E-state index in [1.807, 2.05) is 12.1 Å². The van der Waals surface area contributed by atoms with E-state index in [9.17, 15) is 9.18 Å². The number of piperazine rings is 1. The van der Waals surface area contributed by atoms with Gasteiger partial charge in [0, 0.05) is 63.6 Å². The van der Waals surface area contributed by atoms with Crippen LogP contribution in [0.25, 0.3) is 0 Å². The Morgan fingerprint density at radius 3 is 2.45 bits per heavy atom. The average Bonchev–Trinajstić information content (AvgIpc) is 2.96. The summed E-state index contributed by atoms with van der Waals surface area (Å²) < 4.78 is 30.0.